The molecular formula is C12H17ClF2N2O2. The molecule has 1 aromatic rings. The smallest absolute Gasteiger partial charge is 0.221 e. The Hall–Kier alpha value is -1.40. The molecule has 1 atom stereocenters. The first-order valence-electron chi connectivity index (χ1n) is 5.59. The molecule has 108 valence electrons. The van der Waals surface area contributed by atoms with Crippen LogP contribution in [0.3, 0.4) is 0 Å². The number of hydrogen-bond acceptors (Lipinski definition) is 3. The van der Waals surface area contributed by atoms with Crippen LogP contribution in [-0.4, -0.2) is 25.1 Å². The molecule has 7 heteroatoms. The summed E-state index contributed by atoms with van der Waals surface area (Å²) in [6.45, 7) is 2.19. The third kappa shape index (κ3) is 6.93. The van der Waals surface area contributed by atoms with Gasteiger partial charge in [-0.15, -0.1) is 12.4 Å². The quantitative estimate of drug-likeness (QED) is 0.784. The lowest BCUT2D eigenvalue weighted by molar-refractivity contribution is -0.121. The van der Waals surface area contributed by atoms with Gasteiger partial charge in [0.25, 0.3) is 0 Å². The van der Waals surface area contributed by atoms with Crippen molar-refractivity contribution < 1.29 is 18.3 Å². The molecule has 0 aliphatic rings. The summed E-state index contributed by atoms with van der Waals surface area (Å²) in [5, 5.41) is 2.60. The first kappa shape index (κ1) is 17.6. The number of halogens is 3. The molecule has 0 aromatic heterocycles. The van der Waals surface area contributed by atoms with Gasteiger partial charge in [0.2, 0.25) is 5.91 Å². The van der Waals surface area contributed by atoms with E-state index in [1.165, 1.54) is 6.07 Å². The summed E-state index contributed by atoms with van der Waals surface area (Å²) in [7, 11) is 0. The van der Waals surface area contributed by atoms with Crippen LogP contribution in [0.25, 0.3) is 0 Å². The number of hydrogen-bond donors (Lipinski definition) is 2. The summed E-state index contributed by atoms with van der Waals surface area (Å²) in [6.07, 6.45) is 0.241. The topological polar surface area (TPSA) is 64.4 Å². The zero-order valence-corrected chi connectivity index (χ0v) is 11.3. The molecule has 0 radical (unpaired) electrons. The molecule has 1 aromatic carbocycles. The summed E-state index contributed by atoms with van der Waals surface area (Å²) in [6, 6.07) is 3.07. The zero-order valence-electron chi connectivity index (χ0n) is 10.5. The molecule has 4 nitrogen and oxygen atoms in total. The Morgan fingerprint density at radius 1 is 1.42 bits per heavy atom. The number of carbonyl (C=O) groups excluding carboxylic acids is 1. The summed E-state index contributed by atoms with van der Waals surface area (Å²) < 4.78 is 30.6. The number of amides is 1. The third-order valence-corrected chi connectivity index (χ3v) is 2.09. The second-order valence-electron chi connectivity index (χ2n) is 3.96. The molecule has 0 heterocycles. The molecule has 0 bridgehead atoms. The number of nitrogens with one attached hydrogen (secondary N) is 1. The maximum Gasteiger partial charge on any atom is 0.221 e. The maximum absolute atomic E-state index is 12.8. The molecule has 0 saturated heterocycles. The highest BCUT2D eigenvalue weighted by molar-refractivity contribution is 5.85. The highest BCUT2D eigenvalue weighted by Crippen LogP contribution is 2.14. The van der Waals surface area contributed by atoms with Crippen molar-refractivity contribution in [1.82, 2.24) is 5.32 Å². The van der Waals surface area contributed by atoms with Crippen LogP contribution in [0.1, 0.15) is 13.3 Å². The maximum atomic E-state index is 12.8. The van der Waals surface area contributed by atoms with Crippen molar-refractivity contribution in [3.63, 3.8) is 0 Å². The average molecular weight is 295 g/mol. The van der Waals surface area contributed by atoms with E-state index in [0.29, 0.717) is 0 Å². The molecule has 1 amide bonds. The lowest BCUT2D eigenvalue weighted by Gasteiger charge is -2.09. The van der Waals surface area contributed by atoms with Crippen molar-refractivity contribution in [3.8, 4) is 5.75 Å². The van der Waals surface area contributed by atoms with Crippen molar-refractivity contribution >= 4 is 18.3 Å². The van der Waals surface area contributed by atoms with Gasteiger partial charge in [0.05, 0.1) is 6.54 Å². The van der Waals surface area contributed by atoms with E-state index in [1.54, 1.807) is 6.92 Å². The number of ether oxygens (including phenoxy) is 1. The Balaban J connectivity index is 0.00000324. The summed E-state index contributed by atoms with van der Waals surface area (Å²) in [5.41, 5.74) is 5.45. The zero-order chi connectivity index (χ0) is 13.5. The van der Waals surface area contributed by atoms with Crippen molar-refractivity contribution in [2.24, 2.45) is 5.73 Å². The van der Waals surface area contributed by atoms with Crippen LogP contribution >= 0.6 is 12.4 Å². The number of nitrogens with two attached hydrogens (primary N) is 1. The van der Waals surface area contributed by atoms with Crippen LogP contribution < -0.4 is 15.8 Å². The molecule has 0 saturated carbocycles. The van der Waals surface area contributed by atoms with Gasteiger partial charge in [-0.1, -0.05) is 0 Å². The Kier molecular flexibility index (Phi) is 8.02. The molecule has 1 unspecified atom stereocenters. The van der Waals surface area contributed by atoms with E-state index >= 15 is 0 Å². The fraction of sp³-hybridized carbons (Fsp3) is 0.417. The van der Waals surface area contributed by atoms with Gasteiger partial charge < -0.3 is 15.8 Å². The minimum Gasteiger partial charge on any atom is -0.492 e. The van der Waals surface area contributed by atoms with Gasteiger partial charge in [-0.2, -0.15) is 0 Å². The molecule has 19 heavy (non-hydrogen) atoms. The molecule has 1 rings (SSSR count). The van der Waals surface area contributed by atoms with E-state index in [-0.39, 0.29) is 49.7 Å². The molecular weight excluding hydrogens is 278 g/mol. The van der Waals surface area contributed by atoms with Gasteiger partial charge in [-0.3, -0.25) is 4.79 Å². The minimum atomic E-state index is -0.964. The summed E-state index contributed by atoms with van der Waals surface area (Å²) in [5.74, 6) is -1.84. The van der Waals surface area contributed by atoms with E-state index in [0.717, 1.165) is 12.1 Å². The predicted molar refractivity (Wildman–Crippen MR) is 70.4 cm³/mol. The highest BCUT2D eigenvalue weighted by atomic mass is 35.5. The Morgan fingerprint density at radius 3 is 2.68 bits per heavy atom. The summed E-state index contributed by atoms with van der Waals surface area (Å²) >= 11 is 0. The summed E-state index contributed by atoms with van der Waals surface area (Å²) in [4.78, 5) is 11.2. The first-order valence-corrected chi connectivity index (χ1v) is 5.59. The number of benzene rings is 1. The van der Waals surface area contributed by atoms with Gasteiger partial charge in [-0.25, -0.2) is 8.78 Å². The molecule has 0 spiro atoms. The monoisotopic (exact) mass is 294 g/mol. The second kappa shape index (κ2) is 8.66. The van der Waals surface area contributed by atoms with Crippen molar-refractivity contribution in [3.05, 3.63) is 29.8 Å². The van der Waals surface area contributed by atoms with Crippen molar-refractivity contribution in [1.29, 1.82) is 0 Å². The minimum absolute atomic E-state index is 0. The fourth-order valence-electron chi connectivity index (χ4n) is 1.29. The second-order valence-corrected chi connectivity index (χ2v) is 3.96. The Bertz CT molecular complexity index is 417. The predicted octanol–water partition coefficient (Wildman–Crippen LogP) is 1.62. The van der Waals surface area contributed by atoms with Crippen molar-refractivity contribution in [2.45, 2.75) is 19.4 Å². The van der Waals surface area contributed by atoms with E-state index in [4.69, 9.17) is 10.5 Å². The standard InChI is InChI=1S/C12H16F2N2O2.ClH/c1-8(15)6-12(17)16-4-5-18-9-2-3-10(13)11(14)7-9;/h2-3,7-8H,4-6,15H2,1H3,(H,16,17);1H. The third-order valence-electron chi connectivity index (χ3n) is 2.09. The molecule has 0 aliphatic carbocycles. The number of carbonyl (C=O) groups is 1. The van der Waals surface area contributed by atoms with E-state index in [1.807, 2.05) is 0 Å². The van der Waals surface area contributed by atoms with Crippen molar-refractivity contribution in [2.75, 3.05) is 13.2 Å². The molecule has 0 aliphatic heterocycles. The fourth-order valence-corrected chi connectivity index (χ4v) is 1.29. The van der Waals surface area contributed by atoms with Crippen LogP contribution in [-0.2, 0) is 4.79 Å². The lowest BCUT2D eigenvalue weighted by Crippen LogP contribution is -2.32. The van der Waals surface area contributed by atoms with E-state index in [9.17, 15) is 13.6 Å². The van der Waals surface area contributed by atoms with Gasteiger partial charge in [0.15, 0.2) is 11.6 Å². The molecule has 3 N–H and O–H groups in total. The van der Waals surface area contributed by atoms with Crippen LogP contribution in [0.4, 0.5) is 8.78 Å². The van der Waals surface area contributed by atoms with Gasteiger partial charge in [0.1, 0.15) is 12.4 Å². The van der Waals surface area contributed by atoms with Gasteiger partial charge in [0, 0.05) is 18.5 Å². The molecule has 0 fully saturated rings. The highest BCUT2D eigenvalue weighted by Gasteiger charge is 2.05. The van der Waals surface area contributed by atoms with E-state index in [2.05, 4.69) is 5.32 Å². The van der Waals surface area contributed by atoms with Crippen LogP contribution in [0.15, 0.2) is 18.2 Å². The normalized spacial score (nSPS) is 11.4. The van der Waals surface area contributed by atoms with Crippen LogP contribution in [0, 0.1) is 11.6 Å². The SMILES string of the molecule is CC(N)CC(=O)NCCOc1ccc(F)c(F)c1.Cl. The first-order chi connectivity index (χ1) is 8.49. The van der Waals surface area contributed by atoms with Crippen LogP contribution in [0.2, 0.25) is 0 Å². The Labute approximate surface area is 116 Å². The number of rotatable bonds is 6. The van der Waals surface area contributed by atoms with Gasteiger partial charge >= 0.3 is 0 Å². The van der Waals surface area contributed by atoms with Gasteiger partial charge in [-0.05, 0) is 19.1 Å². The Morgan fingerprint density at radius 2 is 2.11 bits per heavy atom. The lowest BCUT2D eigenvalue weighted by atomic mass is 10.2. The van der Waals surface area contributed by atoms with Crippen LogP contribution in [0.5, 0.6) is 5.75 Å². The van der Waals surface area contributed by atoms with E-state index < -0.39 is 11.6 Å². The largest absolute Gasteiger partial charge is 0.492 e. The average Bonchev–Trinajstić information content (AvgIpc) is 2.28.